The van der Waals surface area contributed by atoms with Gasteiger partial charge in [-0.2, -0.15) is 20.5 Å². The number of hydrogen-bond donors (Lipinski definition) is 0. The molecular formula is C19H17F4NOS2. The van der Waals surface area contributed by atoms with E-state index in [1.54, 1.807) is 17.0 Å². The van der Waals surface area contributed by atoms with Crippen LogP contribution in [0.2, 0.25) is 0 Å². The van der Waals surface area contributed by atoms with E-state index in [0.29, 0.717) is 42.6 Å². The van der Waals surface area contributed by atoms with E-state index in [0.717, 1.165) is 12.1 Å². The van der Waals surface area contributed by atoms with Gasteiger partial charge in [0.25, 0.3) is 11.7 Å². The van der Waals surface area contributed by atoms with Crippen LogP contribution in [0.25, 0.3) is 0 Å². The molecule has 1 heterocycles. The van der Waals surface area contributed by atoms with Crippen LogP contribution in [-0.4, -0.2) is 35.4 Å². The molecule has 2 aromatic carbocycles. The number of amides is 1. The molecule has 1 amide bonds. The number of carbonyl (C=O) groups excluding carboxylic acids is 1. The molecule has 2 nitrogen and oxygen atoms in total. The highest BCUT2D eigenvalue weighted by atomic mass is 32.2. The van der Waals surface area contributed by atoms with E-state index in [9.17, 15) is 22.4 Å². The van der Waals surface area contributed by atoms with Crippen molar-refractivity contribution in [3.8, 4) is 0 Å². The topological polar surface area (TPSA) is 20.3 Å². The zero-order chi connectivity index (χ0) is 19.4. The van der Waals surface area contributed by atoms with Gasteiger partial charge in [-0.25, -0.2) is 8.78 Å². The van der Waals surface area contributed by atoms with Crippen molar-refractivity contribution in [1.82, 2.24) is 4.90 Å². The van der Waals surface area contributed by atoms with Crippen LogP contribution in [0.4, 0.5) is 17.6 Å². The molecule has 0 radical (unpaired) electrons. The lowest BCUT2D eigenvalue weighted by Crippen LogP contribution is -2.33. The van der Waals surface area contributed by atoms with Crippen molar-refractivity contribution in [3.05, 3.63) is 65.2 Å². The molecule has 0 bridgehead atoms. The van der Waals surface area contributed by atoms with Crippen molar-refractivity contribution in [2.75, 3.05) is 18.8 Å². The minimum atomic E-state index is -2.61. The molecule has 1 aliphatic rings. The predicted molar refractivity (Wildman–Crippen MR) is 100 cm³/mol. The number of hydrogen-bond acceptors (Lipinski definition) is 3. The highest BCUT2D eigenvalue weighted by molar-refractivity contribution is 7.99. The highest BCUT2D eigenvalue weighted by Crippen LogP contribution is 2.37. The van der Waals surface area contributed by atoms with Gasteiger partial charge in [-0.1, -0.05) is 23.9 Å². The Balaban J connectivity index is 1.75. The first-order chi connectivity index (χ1) is 13.0. The molecule has 1 saturated heterocycles. The molecule has 0 N–H and O–H groups in total. The first-order valence-corrected chi connectivity index (χ1v) is 10.3. The fourth-order valence-corrected chi connectivity index (χ4v) is 4.87. The van der Waals surface area contributed by atoms with Gasteiger partial charge in [-0.05, 0) is 36.8 Å². The Bertz CT molecular complexity index is 818. The summed E-state index contributed by atoms with van der Waals surface area (Å²) in [5.41, 5.74) is 0.533. The molecule has 1 atom stereocenters. The second-order valence-corrected chi connectivity index (χ2v) is 8.32. The monoisotopic (exact) mass is 415 g/mol. The molecule has 8 heteroatoms. The Labute approximate surface area is 163 Å². The molecule has 0 aliphatic carbocycles. The van der Waals surface area contributed by atoms with Crippen LogP contribution in [0, 0.1) is 11.6 Å². The molecule has 2 aromatic rings. The summed E-state index contributed by atoms with van der Waals surface area (Å²) in [5.74, 6) is -3.34. The van der Waals surface area contributed by atoms with Crippen molar-refractivity contribution in [1.29, 1.82) is 0 Å². The Morgan fingerprint density at radius 3 is 2.70 bits per heavy atom. The highest BCUT2D eigenvalue weighted by Gasteiger charge is 2.26. The van der Waals surface area contributed by atoms with E-state index in [-0.39, 0.29) is 21.6 Å². The summed E-state index contributed by atoms with van der Waals surface area (Å²) in [5, 5.41) is -0.260. The first kappa shape index (κ1) is 20.1. The Hall–Kier alpha value is -1.67. The van der Waals surface area contributed by atoms with Crippen molar-refractivity contribution in [3.63, 3.8) is 0 Å². The molecule has 3 rings (SSSR count). The van der Waals surface area contributed by atoms with Crippen molar-refractivity contribution in [2.24, 2.45) is 0 Å². The van der Waals surface area contributed by atoms with Crippen molar-refractivity contribution < 1.29 is 22.4 Å². The van der Waals surface area contributed by atoms with Crippen LogP contribution in [0.3, 0.4) is 0 Å². The molecule has 0 saturated carbocycles. The van der Waals surface area contributed by atoms with Gasteiger partial charge in [0.2, 0.25) is 0 Å². The van der Waals surface area contributed by atoms with E-state index in [1.807, 2.05) is 0 Å². The predicted octanol–water partition coefficient (Wildman–Crippen LogP) is 5.60. The minimum Gasteiger partial charge on any atom is -0.338 e. The van der Waals surface area contributed by atoms with E-state index in [1.165, 1.54) is 30.0 Å². The van der Waals surface area contributed by atoms with Crippen LogP contribution < -0.4 is 0 Å². The number of rotatable bonds is 4. The van der Waals surface area contributed by atoms with Crippen molar-refractivity contribution >= 4 is 29.4 Å². The van der Waals surface area contributed by atoms with Crippen LogP contribution in [0.1, 0.15) is 27.6 Å². The maximum absolute atomic E-state index is 14.0. The molecule has 1 unspecified atom stereocenters. The molecule has 0 spiro atoms. The number of thioether (sulfide) groups is 2. The molecular weight excluding hydrogens is 398 g/mol. The third-order valence-electron chi connectivity index (χ3n) is 4.27. The van der Waals surface area contributed by atoms with Crippen LogP contribution in [0.15, 0.2) is 47.4 Å². The summed E-state index contributed by atoms with van der Waals surface area (Å²) in [6.07, 6.45) is 0.459. The summed E-state index contributed by atoms with van der Waals surface area (Å²) in [4.78, 5) is 14.7. The molecule has 27 heavy (non-hydrogen) atoms. The molecule has 1 aliphatic heterocycles. The third-order valence-corrected chi connectivity index (χ3v) is 6.37. The average Bonchev–Trinajstić information content (AvgIpc) is 2.89. The maximum Gasteiger partial charge on any atom is 0.288 e. The van der Waals surface area contributed by atoms with E-state index in [2.05, 4.69) is 0 Å². The zero-order valence-electron chi connectivity index (χ0n) is 14.2. The fourth-order valence-electron chi connectivity index (χ4n) is 3.00. The SMILES string of the molecule is O=C(c1ccccc1SC(F)F)N1CCSC(c2cc(F)ccc2F)CC1. The van der Waals surface area contributed by atoms with Gasteiger partial charge in [0.15, 0.2) is 0 Å². The number of halogens is 4. The maximum atomic E-state index is 14.0. The normalized spacial score (nSPS) is 17.8. The van der Waals surface area contributed by atoms with E-state index < -0.39 is 17.4 Å². The first-order valence-electron chi connectivity index (χ1n) is 8.35. The molecule has 1 fully saturated rings. The summed E-state index contributed by atoms with van der Waals surface area (Å²) in [6.45, 7) is 0.769. The lowest BCUT2D eigenvalue weighted by atomic mass is 10.1. The van der Waals surface area contributed by atoms with E-state index in [4.69, 9.17) is 0 Å². The van der Waals surface area contributed by atoms with Gasteiger partial charge in [0.05, 0.1) is 5.56 Å². The fraction of sp³-hybridized carbons (Fsp3) is 0.316. The van der Waals surface area contributed by atoms with Gasteiger partial charge >= 0.3 is 0 Å². The molecule has 0 aromatic heterocycles. The molecule has 144 valence electrons. The standard InChI is InChI=1S/C19H17F4NOS2/c20-12-5-6-15(21)14(11-12)16-7-8-24(9-10-26-16)18(25)13-3-1-2-4-17(13)27-19(22)23/h1-6,11,16,19H,7-10H2. The Kier molecular flexibility index (Phi) is 6.70. The average molecular weight is 415 g/mol. The zero-order valence-corrected chi connectivity index (χ0v) is 15.8. The van der Waals surface area contributed by atoms with Gasteiger partial charge in [-0.3, -0.25) is 4.79 Å². The number of nitrogens with zero attached hydrogens (tertiary/aromatic N) is 1. The number of benzene rings is 2. The third kappa shape index (κ3) is 4.99. The smallest absolute Gasteiger partial charge is 0.288 e. The summed E-state index contributed by atoms with van der Waals surface area (Å²) in [7, 11) is 0. The van der Waals surface area contributed by atoms with E-state index >= 15 is 0 Å². The lowest BCUT2D eigenvalue weighted by Gasteiger charge is -2.21. The van der Waals surface area contributed by atoms with Gasteiger partial charge in [0.1, 0.15) is 11.6 Å². The second-order valence-electron chi connectivity index (χ2n) is 5.98. The Morgan fingerprint density at radius 2 is 1.93 bits per heavy atom. The Morgan fingerprint density at radius 1 is 1.15 bits per heavy atom. The summed E-state index contributed by atoms with van der Waals surface area (Å²) in [6, 6.07) is 9.67. The lowest BCUT2D eigenvalue weighted by molar-refractivity contribution is 0.0763. The minimum absolute atomic E-state index is 0.238. The number of alkyl halides is 2. The van der Waals surface area contributed by atoms with Gasteiger partial charge in [0, 0.05) is 34.6 Å². The summed E-state index contributed by atoms with van der Waals surface area (Å²) >= 11 is 1.81. The van der Waals surface area contributed by atoms with Gasteiger partial charge in [-0.15, -0.1) is 0 Å². The van der Waals surface area contributed by atoms with Crippen molar-refractivity contribution in [2.45, 2.75) is 22.3 Å². The van der Waals surface area contributed by atoms with Crippen LogP contribution in [-0.2, 0) is 0 Å². The van der Waals surface area contributed by atoms with Gasteiger partial charge < -0.3 is 4.90 Å². The second kappa shape index (κ2) is 9.01. The number of carbonyl (C=O) groups is 1. The largest absolute Gasteiger partial charge is 0.338 e. The quantitative estimate of drug-likeness (QED) is 0.479. The van der Waals surface area contributed by atoms with Crippen LogP contribution in [0.5, 0.6) is 0 Å². The summed E-state index contributed by atoms with van der Waals surface area (Å²) < 4.78 is 53.0. The van der Waals surface area contributed by atoms with Crippen LogP contribution >= 0.6 is 23.5 Å².